The fraction of sp³-hybridized carbons (Fsp3) is 0.316. The molecule has 0 saturated heterocycles. The molecule has 0 aliphatic rings. The second kappa shape index (κ2) is 8.82. The second-order valence-corrected chi connectivity index (χ2v) is 5.65. The molecule has 0 spiro atoms. The first-order valence-corrected chi connectivity index (χ1v) is 8.22. The monoisotopic (exact) mass is 325 g/mol. The minimum Gasteiger partial charge on any atom is -0.352 e. The first-order chi connectivity index (χ1) is 11.6. The first kappa shape index (κ1) is 17.7. The number of anilines is 2. The van der Waals surface area contributed by atoms with E-state index in [1.165, 1.54) is 6.92 Å². The molecule has 0 aliphatic heterocycles. The molecule has 2 aromatic rings. The highest BCUT2D eigenvalue weighted by Gasteiger charge is 2.06. The van der Waals surface area contributed by atoms with Gasteiger partial charge < -0.3 is 10.6 Å². The summed E-state index contributed by atoms with van der Waals surface area (Å²) < 4.78 is 0. The Labute approximate surface area is 142 Å². The van der Waals surface area contributed by atoms with Crippen molar-refractivity contribution in [1.82, 2.24) is 10.3 Å². The highest BCUT2D eigenvalue weighted by atomic mass is 16.1. The van der Waals surface area contributed by atoms with Crippen molar-refractivity contribution in [3.05, 3.63) is 53.7 Å². The molecule has 5 nitrogen and oxygen atoms in total. The zero-order chi connectivity index (χ0) is 17.4. The molecule has 0 unspecified atom stereocenters. The van der Waals surface area contributed by atoms with E-state index in [2.05, 4.69) is 22.5 Å². The number of Topliss-reactive ketones (excluding diaryl/α,β-unsaturated/α-hetero) is 1. The predicted octanol–water partition coefficient (Wildman–Crippen LogP) is 3.95. The van der Waals surface area contributed by atoms with Crippen molar-refractivity contribution in [3.63, 3.8) is 0 Å². The van der Waals surface area contributed by atoms with Gasteiger partial charge in [-0.1, -0.05) is 19.8 Å². The molecule has 0 aliphatic carbocycles. The SMILES string of the molecule is CCCCCNC(=O)c1ccc(Nc2ccc(C(C)=O)cc2)nc1. The van der Waals surface area contributed by atoms with Gasteiger partial charge in [-0.05, 0) is 49.7 Å². The molecule has 126 valence electrons. The first-order valence-electron chi connectivity index (χ1n) is 8.22. The quantitative estimate of drug-likeness (QED) is 0.569. The zero-order valence-electron chi connectivity index (χ0n) is 14.1. The number of aromatic nitrogens is 1. The van der Waals surface area contributed by atoms with E-state index in [0.717, 1.165) is 24.9 Å². The van der Waals surface area contributed by atoms with Crippen LogP contribution in [0.2, 0.25) is 0 Å². The van der Waals surface area contributed by atoms with E-state index in [0.29, 0.717) is 23.5 Å². The van der Waals surface area contributed by atoms with Gasteiger partial charge >= 0.3 is 0 Å². The van der Waals surface area contributed by atoms with Crippen LogP contribution >= 0.6 is 0 Å². The molecule has 1 aromatic carbocycles. The number of benzene rings is 1. The second-order valence-electron chi connectivity index (χ2n) is 5.65. The van der Waals surface area contributed by atoms with Crippen LogP contribution in [0.1, 0.15) is 53.8 Å². The van der Waals surface area contributed by atoms with E-state index < -0.39 is 0 Å². The zero-order valence-corrected chi connectivity index (χ0v) is 14.1. The van der Waals surface area contributed by atoms with Crippen LogP contribution in [0, 0.1) is 0 Å². The van der Waals surface area contributed by atoms with Crippen LogP contribution in [0.4, 0.5) is 11.5 Å². The number of rotatable bonds is 8. The van der Waals surface area contributed by atoms with Crippen molar-refractivity contribution in [2.75, 3.05) is 11.9 Å². The van der Waals surface area contributed by atoms with Gasteiger partial charge in [0, 0.05) is 24.0 Å². The molecule has 0 saturated carbocycles. The van der Waals surface area contributed by atoms with E-state index in [1.807, 2.05) is 12.1 Å². The standard InChI is InChI=1S/C19H23N3O2/c1-3-4-5-12-20-19(24)16-8-11-18(21-13-16)22-17-9-6-15(7-10-17)14(2)23/h6-11,13H,3-5,12H2,1-2H3,(H,20,24)(H,21,22). The number of pyridine rings is 1. The van der Waals surface area contributed by atoms with Crippen molar-refractivity contribution in [1.29, 1.82) is 0 Å². The number of carbonyl (C=O) groups is 2. The summed E-state index contributed by atoms with van der Waals surface area (Å²) in [5, 5.41) is 6.03. The largest absolute Gasteiger partial charge is 0.352 e. The maximum Gasteiger partial charge on any atom is 0.252 e. The molecule has 24 heavy (non-hydrogen) atoms. The van der Waals surface area contributed by atoms with Gasteiger partial charge in [0.25, 0.3) is 5.91 Å². The van der Waals surface area contributed by atoms with E-state index in [-0.39, 0.29) is 11.7 Å². The Morgan fingerprint density at radius 2 is 1.71 bits per heavy atom. The fourth-order valence-corrected chi connectivity index (χ4v) is 2.22. The molecule has 0 fully saturated rings. The average Bonchev–Trinajstić information content (AvgIpc) is 2.59. The van der Waals surface area contributed by atoms with E-state index in [4.69, 9.17) is 0 Å². The van der Waals surface area contributed by atoms with Crippen LogP contribution < -0.4 is 10.6 Å². The van der Waals surface area contributed by atoms with E-state index in [1.54, 1.807) is 30.5 Å². The van der Waals surface area contributed by atoms with E-state index >= 15 is 0 Å². The van der Waals surface area contributed by atoms with Crippen LogP contribution in [0.3, 0.4) is 0 Å². The van der Waals surface area contributed by atoms with Crippen LogP contribution in [-0.4, -0.2) is 23.2 Å². The van der Waals surface area contributed by atoms with Gasteiger partial charge in [0.05, 0.1) is 5.56 Å². The summed E-state index contributed by atoms with van der Waals surface area (Å²) >= 11 is 0. The fourth-order valence-electron chi connectivity index (χ4n) is 2.22. The van der Waals surface area contributed by atoms with Gasteiger partial charge in [-0.15, -0.1) is 0 Å². The number of unbranched alkanes of at least 4 members (excludes halogenated alkanes) is 2. The third-order valence-corrected chi connectivity index (χ3v) is 3.66. The lowest BCUT2D eigenvalue weighted by molar-refractivity contribution is 0.0951. The number of nitrogens with zero attached hydrogens (tertiary/aromatic N) is 1. The van der Waals surface area contributed by atoms with Crippen LogP contribution in [-0.2, 0) is 0 Å². The van der Waals surface area contributed by atoms with Gasteiger partial charge in [0.1, 0.15) is 5.82 Å². The summed E-state index contributed by atoms with van der Waals surface area (Å²) in [5.74, 6) is 0.582. The van der Waals surface area contributed by atoms with Crippen LogP contribution in [0.25, 0.3) is 0 Å². The van der Waals surface area contributed by atoms with Crippen molar-refractivity contribution >= 4 is 23.2 Å². The molecule has 2 rings (SSSR count). The lowest BCUT2D eigenvalue weighted by Crippen LogP contribution is -2.24. The highest BCUT2D eigenvalue weighted by molar-refractivity contribution is 5.94. The molecule has 2 N–H and O–H groups in total. The molecule has 1 heterocycles. The Hall–Kier alpha value is -2.69. The molecule has 5 heteroatoms. The molecule has 0 atom stereocenters. The van der Waals surface area contributed by atoms with E-state index in [9.17, 15) is 9.59 Å². The predicted molar refractivity (Wildman–Crippen MR) is 95.8 cm³/mol. The molecule has 1 amide bonds. The Kier molecular flexibility index (Phi) is 6.49. The lowest BCUT2D eigenvalue weighted by Gasteiger charge is -2.08. The van der Waals surface area contributed by atoms with Crippen molar-refractivity contribution in [2.24, 2.45) is 0 Å². The normalized spacial score (nSPS) is 10.2. The topological polar surface area (TPSA) is 71.1 Å². The third-order valence-electron chi connectivity index (χ3n) is 3.66. The Balaban J connectivity index is 1.91. The minimum absolute atomic E-state index is 0.0361. The van der Waals surface area contributed by atoms with Gasteiger partial charge in [-0.3, -0.25) is 9.59 Å². The maximum absolute atomic E-state index is 12.0. The summed E-state index contributed by atoms with van der Waals surface area (Å²) in [6.07, 6.45) is 4.79. The minimum atomic E-state index is -0.101. The summed E-state index contributed by atoms with van der Waals surface area (Å²) in [6, 6.07) is 10.7. The van der Waals surface area contributed by atoms with Crippen LogP contribution in [0.15, 0.2) is 42.6 Å². The number of hydrogen-bond donors (Lipinski definition) is 2. The van der Waals surface area contributed by atoms with Crippen molar-refractivity contribution in [2.45, 2.75) is 33.1 Å². The van der Waals surface area contributed by atoms with Gasteiger partial charge in [-0.25, -0.2) is 4.98 Å². The summed E-state index contributed by atoms with van der Waals surface area (Å²) in [4.78, 5) is 27.5. The lowest BCUT2D eigenvalue weighted by atomic mass is 10.1. The molecular formula is C19H23N3O2. The molecular weight excluding hydrogens is 302 g/mol. The molecule has 0 radical (unpaired) electrons. The number of nitrogens with one attached hydrogen (secondary N) is 2. The Bertz CT molecular complexity index is 679. The summed E-state index contributed by atoms with van der Waals surface area (Å²) in [7, 11) is 0. The average molecular weight is 325 g/mol. The number of amides is 1. The highest BCUT2D eigenvalue weighted by Crippen LogP contribution is 2.16. The van der Waals surface area contributed by atoms with Crippen molar-refractivity contribution < 1.29 is 9.59 Å². The van der Waals surface area contributed by atoms with Gasteiger partial charge in [-0.2, -0.15) is 0 Å². The smallest absolute Gasteiger partial charge is 0.252 e. The molecule has 1 aromatic heterocycles. The number of ketones is 1. The Morgan fingerprint density at radius 3 is 2.29 bits per heavy atom. The van der Waals surface area contributed by atoms with Gasteiger partial charge in [0.15, 0.2) is 5.78 Å². The molecule has 0 bridgehead atoms. The summed E-state index contributed by atoms with van der Waals surface area (Å²) in [6.45, 7) is 4.36. The Morgan fingerprint density at radius 1 is 1.00 bits per heavy atom. The van der Waals surface area contributed by atoms with Crippen LogP contribution in [0.5, 0.6) is 0 Å². The maximum atomic E-state index is 12.0. The summed E-state index contributed by atoms with van der Waals surface area (Å²) in [5.41, 5.74) is 2.05. The number of carbonyl (C=O) groups excluding carboxylic acids is 2. The van der Waals surface area contributed by atoms with Crippen molar-refractivity contribution in [3.8, 4) is 0 Å². The van der Waals surface area contributed by atoms with Gasteiger partial charge in [0.2, 0.25) is 0 Å². The third kappa shape index (κ3) is 5.19. The number of hydrogen-bond acceptors (Lipinski definition) is 4.